The zero-order chi connectivity index (χ0) is 44.9. The molecule has 2 saturated carbocycles. The van der Waals surface area contributed by atoms with Crippen molar-refractivity contribution < 1.29 is 59.4 Å². The van der Waals surface area contributed by atoms with Gasteiger partial charge in [0.2, 0.25) is 33.3 Å². The third kappa shape index (κ3) is 9.19. The molecule has 15 nitrogen and oxygen atoms in total. The smallest absolute Gasteiger partial charge is 0.427 e. The van der Waals surface area contributed by atoms with Crippen LogP contribution in [0.4, 0.5) is 28.0 Å². The summed E-state index contributed by atoms with van der Waals surface area (Å²) in [7, 11) is 0.758. The van der Waals surface area contributed by atoms with Crippen molar-refractivity contribution in [2.24, 2.45) is 17.8 Å². The number of carbonyl (C=O) groups excluding carboxylic acids is 4. The first kappa shape index (κ1) is 45.6. The van der Waals surface area contributed by atoms with Crippen molar-refractivity contribution in [1.29, 1.82) is 0 Å². The van der Waals surface area contributed by atoms with Gasteiger partial charge < -0.3 is 34.6 Å². The molecule has 7 atom stereocenters. The number of anilines is 1. The Balaban J connectivity index is 1.37. The standard InChI is InChI=1S/C41H54F4N6O9S/c1-23-10-8-9-11-25-19-40(25,36(54)49-61(56,57)39(22-42)14-15-39)48-33(52)30-18-27(59-34-28-13-12-26(50(5)6)17-29(28)31(58-7)20-46-34)21-51(30)35(53)32(24(2)16-23)47-37(55)60-38(3,4)41(43,44)45/h9,11-13,17,20,23-25,27,30,32H,8,10,14-16,18-19,21-22H2,1-7H3,(H,47,55)(H,48,52)(H,49,54)/b11-9-/t23-,24+,25?,27+,30-,32-,40+/m0/s1. The maximum Gasteiger partial charge on any atom is 0.427 e. The molecule has 3 heterocycles. The van der Waals surface area contributed by atoms with Crippen LogP contribution >= 0.6 is 0 Å². The molecular weight excluding hydrogens is 829 g/mol. The Labute approximate surface area is 352 Å². The molecule has 2 aromatic rings. The van der Waals surface area contributed by atoms with E-state index in [2.05, 4.69) is 15.6 Å². The number of amides is 4. The minimum Gasteiger partial charge on any atom is -0.494 e. The van der Waals surface area contributed by atoms with Gasteiger partial charge in [-0.05, 0) is 82.4 Å². The molecule has 1 saturated heterocycles. The lowest BCUT2D eigenvalue weighted by Crippen LogP contribution is -2.60. The van der Waals surface area contributed by atoms with Crippen LogP contribution in [0.3, 0.4) is 0 Å². The number of ether oxygens (including phenoxy) is 3. The van der Waals surface area contributed by atoms with Crippen LogP contribution in [0.1, 0.15) is 72.6 Å². The van der Waals surface area contributed by atoms with E-state index >= 15 is 0 Å². The molecule has 20 heteroatoms. The first-order valence-corrected chi connectivity index (χ1v) is 21.8. The van der Waals surface area contributed by atoms with Gasteiger partial charge in [0, 0.05) is 42.9 Å². The van der Waals surface area contributed by atoms with E-state index in [1.165, 1.54) is 13.3 Å². The van der Waals surface area contributed by atoms with Gasteiger partial charge in [-0.25, -0.2) is 22.6 Å². The largest absolute Gasteiger partial charge is 0.494 e. The van der Waals surface area contributed by atoms with E-state index in [-0.39, 0.29) is 44.0 Å². The molecule has 1 aromatic carbocycles. The number of halogens is 4. The zero-order valence-electron chi connectivity index (χ0n) is 35.2. The molecule has 0 spiro atoms. The van der Waals surface area contributed by atoms with Gasteiger partial charge in [0.25, 0.3) is 5.91 Å². The van der Waals surface area contributed by atoms with E-state index in [1.807, 2.05) is 48.8 Å². The van der Waals surface area contributed by atoms with Crippen LogP contribution < -0.4 is 29.7 Å². The van der Waals surface area contributed by atoms with Crippen LogP contribution in [0, 0.1) is 17.8 Å². The summed E-state index contributed by atoms with van der Waals surface area (Å²) in [5, 5.41) is 6.30. The molecule has 2 aliphatic heterocycles. The normalized spacial score (nSPS) is 28.5. The van der Waals surface area contributed by atoms with Crippen molar-refractivity contribution >= 4 is 50.3 Å². The number of nitrogens with one attached hydrogen (secondary N) is 3. The van der Waals surface area contributed by atoms with Gasteiger partial charge in [0.1, 0.15) is 40.9 Å². The Hall–Kier alpha value is -4.88. The second-order valence-electron chi connectivity index (χ2n) is 17.6. The van der Waals surface area contributed by atoms with Crippen molar-refractivity contribution in [3.8, 4) is 11.6 Å². The molecular formula is C41H54F4N6O9S. The van der Waals surface area contributed by atoms with Crippen molar-refractivity contribution in [3.63, 3.8) is 0 Å². The van der Waals surface area contributed by atoms with Crippen LogP contribution in [0.25, 0.3) is 10.8 Å². The summed E-state index contributed by atoms with van der Waals surface area (Å²) >= 11 is 0. The molecule has 6 rings (SSSR count). The summed E-state index contributed by atoms with van der Waals surface area (Å²) in [6.07, 6.45) is -1.10. The highest BCUT2D eigenvalue weighted by Crippen LogP contribution is 2.48. The first-order chi connectivity index (χ1) is 28.5. The summed E-state index contributed by atoms with van der Waals surface area (Å²) in [6.45, 7) is 3.47. The average Bonchev–Trinajstić information content (AvgIpc) is 4.09. The predicted molar refractivity (Wildman–Crippen MR) is 216 cm³/mol. The zero-order valence-corrected chi connectivity index (χ0v) is 36.0. The fourth-order valence-corrected chi connectivity index (χ4v) is 9.49. The minimum atomic E-state index is -4.94. The van der Waals surface area contributed by atoms with Crippen molar-refractivity contribution in [3.05, 3.63) is 36.5 Å². The van der Waals surface area contributed by atoms with E-state index in [1.54, 1.807) is 19.1 Å². The third-order valence-corrected chi connectivity index (χ3v) is 14.5. The maximum absolute atomic E-state index is 14.8. The Morgan fingerprint density at radius 3 is 2.43 bits per heavy atom. The number of fused-ring (bicyclic) bond motifs is 3. The number of hydrogen-bond donors (Lipinski definition) is 3. The SMILES string of the molecule is COc1cnc(O[C@@H]2C[C@H]3C(=O)N[C@]4(C(=O)NS(=O)(=O)C5(CF)CC5)CC4/C=C\CC[C@H](C)C[C@@H](C)[C@H](NC(=O)OC(C)(C)C(F)(F)F)C(=O)N3C2)c2ccc(N(C)C)cc12. The van der Waals surface area contributed by atoms with Gasteiger partial charge in [-0.15, -0.1) is 0 Å². The summed E-state index contributed by atoms with van der Waals surface area (Å²) in [5.41, 5.74) is -3.83. The fraction of sp³-hybridized carbons (Fsp3) is 0.634. The van der Waals surface area contributed by atoms with Gasteiger partial charge in [0.15, 0.2) is 0 Å². The summed E-state index contributed by atoms with van der Waals surface area (Å²) in [5.74, 6) is -3.53. The highest BCUT2D eigenvalue weighted by atomic mass is 32.2. The van der Waals surface area contributed by atoms with E-state index in [0.717, 1.165) is 10.6 Å². The molecule has 4 aliphatic rings. The first-order valence-electron chi connectivity index (χ1n) is 20.3. The molecule has 1 unspecified atom stereocenters. The molecule has 0 bridgehead atoms. The highest BCUT2D eigenvalue weighted by Gasteiger charge is 2.64. The van der Waals surface area contributed by atoms with Crippen molar-refractivity contribution in [2.75, 3.05) is 39.3 Å². The minimum absolute atomic E-state index is 0.00804. The number of nitrogens with zero attached hydrogens (tertiary/aromatic N) is 3. The topological polar surface area (TPSA) is 186 Å². The number of alkyl carbamates (subject to hydrolysis) is 1. The van der Waals surface area contributed by atoms with Crippen molar-refractivity contribution in [2.45, 2.75) is 113 Å². The van der Waals surface area contributed by atoms with Gasteiger partial charge >= 0.3 is 12.3 Å². The van der Waals surface area contributed by atoms with E-state index < -0.39 is 92.6 Å². The van der Waals surface area contributed by atoms with Crippen LogP contribution in [0.5, 0.6) is 11.6 Å². The maximum atomic E-state index is 14.8. The summed E-state index contributed by atoms with van der Waals surface area (Å²) in [6, 6.07) is 2.62. The Morgan fingerprint density at radius 1 is 1.10 bits per heavy atom. The summed E-state index contributed by atoms with van der Waals surface area (Å²) in [4.78, 5) is 64.0. The monoisotopic (exact) mass is 882 g/mol. The van der Waals surface area contributed by atoms with Crippen LogP contribution in [-0.2, 0) is 29.1 Å². The van der Waals surface area contributed by atoms with Gasteiger partial charge in [-0.1, -0.05) is 26.0 Å². The van der Waals surface area contributed by atoms with E-state index in [4.69, 9.17) is 14.2 Å². The number of alkyl halides is 4. The number of sulfonamides is 1. The fourth-order valence-electron chi connectivity index (χ4n) is 8.07. The number of aromatic nitrogens is 1. The quantitative estimate of drug-likeness (QED) is 0.217. The average molecular weight is 883 g/mol. The number of pyridine rings is 1. The van der Waals surface area contributed by atoms with Crippen molar-refractivity contribution in [1.82, 2.24) is 25.2 Å². The molecule has 1 aromatic heterocycles. The highest BCUT2D eigenvalue weighted by molar-refractivity contribution is 7.91. The van der Waals surface area contributed by atoms with Gasteiger partial charge in [-0.2, -0.15) is 13.2 Å². The second-order valence-corrected chi connectivity index (χ2v) is 19.7. The van der Waals surface area contributed by atoms with Gasteiger partial charge in [-0.3, -0.25) is 19.1 Å². The van der Waals surface area contributed by atoms with E-state index in [9.17, 15) is 45.2 Å². The lowest BCUT2D eigenvalue weighted by molar-refractivity contribution is -0.244. The number of carbonyl (C=O) groups is 4. The lowest BCUT2D eigenvalue weighted by Gasteiger charge is -2.34. The van der Waals surface area contributed by atoms with E-state index in [0.29, 0.717) is 49.6 Å². The third-order valence-electron chi connectivity index (χ3n) is 12.4. The number of benzene rings is 1. The molecule has 0 radical (unpaired) electrons. The van der Waals surface area contributed by atoms with Crippen LogP contribution in [0.15, 0.2) is 36.5 Å². The molecule has 336 valence electrons. The predicted octanol–water partition coefficient (Wildman–Crippen LogP) is 4.93. The van der Waals surface area contributed by atoms with Gasteiger partial charge in [0.05, 0.1) is 19.9 Å². The molecule has 3 N–H and O–H groups in total. The second kappa shape index (κ2) is 16.8. The number of methoxy groups -OCH3 is 1. The number of rotatable bonds is 10. The Kier molecular flexibility index (Phi) is 12.5. The van der Waals surface area contributed by atoms with Crippen LogP contribution in [-0.4, -0.2) is 117 Å². The number of allylic oxidation sites excluding steroid dienone is 1. The Morgan fingerprint density at radius 2 is 1.80 bits per heavy atom. The summed E-state index contributed by atoms with van der Waals surface area (Å²) < 4.78 is 98.7. The Bertz CT molecular complexity index is 2180. The molecule has 61 heavy (non-hydrogen) atoms. The molecule has 2 aliphatic carbocycles. The molecule has 4 amide bonds. The number of hydrogen-bond acceptors (Lipinski definition) is 11. The van der Waals surface area contributed by atoms with Crippen LogP contribution in [0.2, 0.25) is 0 Å². The lowest BCUT2D eigenvalue weighted by atomic mass is 9.88. The molecule has 3 fully saturated rings.